The smallest absolute Gasteiger partial charge is 0.213 e. The van der Waals surface area contributed by atoms with Gasteiger partial charge in [-0.2, -0.15) is 16.4 Å². The van der Waals surface area contributed by atoms with Crippen LogP contribution in [0.5, 0.6) is 0 Å². The SMILES string of the molecule is Cc1cc(C)n(C)n1.Cc1ccc(C)[nH]1.Cc1ccc(C)n1C.Cc1ccc(C)o1.Cc1ccc(C)s1.Cc1ccc2cc(C)oc2c1.Cc1ccc2cc(C)sc2c1.Cc1ccc2oc(C)cc2c1.Cc1ccc2sc(C)cc2c1.Cc1ccsc1C.Cc1cnc(C)s1.Cc1csc(C)c1.Cc1cscc1C.Cc1nnc(C)o1.Cc1nnc(C)s1. The Kier molecular flexibility index (Phi) is 44.9. The monoisotopic (exact) mass is 1800 g/mol. The van der Waals surface area contributed by atoms with Gasteiger partial charge in [0, 0.05) is 117 Å². The highest BCUT2D eigenvalue weighted by Crippen LogP contribution is 2.28. The highest BCUT2D eigenvalue weighted by atomic mass is 32.1. The number of aromatic nitrogens is 9. The Labute approximate surface area is 764 Å². The van der Waals surface area contributed by atoms with Gasteiger partial charge in [-0.1, -0.05) is 53.6 Å². The van der Waals surface area contributed by atoms with Crippen LogP contribution in [0.3, 0.4) is 0 Å². The van der Waals surface area contributed by atoms with Crippen molar-refractivity contribution < 1.29 is 17.7 Å². The van der Waals surface area contributed by atoms with Crippen molar-refractivity contribution >= 4 is 133 Å². The van der Waals surface area contributed by atoms with Crippen LogP contribution in [0.25, 0.3) is 42.1 Å². The van der Waals surface area contributed by atoms with Crippen molar-refractivity contribution in [2.75, 3.05) is 0 Å². The fourth-order valence-electron chi connectivity index (χ4n) is 11.1. The molecular weight excluding hydrogens is 1670 g/mol. The van der Waals surface area contributed by atoms with Gasteiger partial charge in [-0.15, -0.1) is 99.8 Å². The van der Waals surface area contributed by atoms with E-state index in [0.717, 1.165) is 54.9 Å². The molecule has 0 fully saturated rings. The van der Waals surface area contributed by atoms with Crippen LogP contribution in [0.4, 0.5) is 0 Å². The normalized spacial score (nSPS) is 9.95. The molecule has 654 valence electrons. The first-order valence-electron chi connectivity index (χ1n) is 40.6. The lowest BCUT2D eigenvalue weighted by molar-refractivity contribution is 0.489. The maximum absolute atomic E-state index is 5.45. The second-order valence-corrected chi connectivity index (χ2v) is 40.1. The van der Waals surface area contributed by atoms with Crippen molar-refractivity contribution in [2.45, 2.75) is 208 Å². The summed E-state index contributed by atoms with van der Waals surface area (Å²) in [5.74, 6) is 5.17. The highest BCUT2D eigenvalue weighted by Gasteiger charge is 2.03. The van der Waals surface area contributed by atoms with Crippen LogP contribution in [0.1, 0.15) is 163 Å². The third-order valence-electron chi connectivity index (χ3n) is 17.9. The summed E-state index contributed by atoms with van der Waals surface area (Å²) in [6, 6.07) is 57.2. The number of benzene rings is 4. The van der Waals surface area contributed by atoms with E-state index >= 15 is 0 Å². The van der Waals surface area contributed by atoms with Gasteiger partial charge >= 0.3 is 0 Å². The summed E-state index contributed by atoms with van der Waals surface area (Å²) in [6.45, 7) is 61.4. The van der Waals surface area contributed by atoms with Gasteiger partial charge in [-0.25, -0.2) is 4.98 Å². The van der Waals surface area contributed by atoms with E-state index in [4.69, 9.17) is 17.7 Å². The first kappa shape index (κ1) is 104. The van der Waals surface area contributed by atoms with Gasteiger partial charge in [0.15, 0.2) is 0 Å². The van der Waals surface area contributed by atoms with Crippen LogP contribution in [-0.4, -0.2) is 44.7 Å². The number of aryl methyl sites for hydroxylation is 31. The molecule has 15 heterocycles. The second kappa shape index (κ2) is 53.3. The maximum Gasteiger partial charge on any atom is 0.213 e. The lowest BCUT2D eigenvalue weighted by Gasteiger charge is -1.96. The van der Waals surface area contributed by atoms with Gasteiger partial charge in [-0.05, 0) is 381 Å². The van der Waals surface area contributed by atoms with E-state index in [-0.39, 0.29) is 0 Å². The van der Waals surface area contributed by atoms with Crippen molar-refractivity contribution in [1.82, 2.24) is 44.7 Å². The molecule has 19 aromatic rings. The Bertz CT molecular complexity index is 5270. The molecule has 0 unspecified atom stereocenters. The van der Waals surface area contributed by atoms with Crippen molar-refractivity contribution in [2.24, 2.45) is 14.1 Å². The molecule has 0 spiro atoms. The molecule has 4 aromatic carbocycles. The lowest BCUT2D eigenvalue weighted by Crippen LogP contribution is -1.91. The van der Waals surface area contributed by atoms with Crippen LogP contribution in [-0.2, 0) is 14.1 Å². The standard InChI is InChI=1S/2C10H10O.2C10H10S.C7H11N.C6H10N2.C6H9N.C6H8O.4C6H8S.C5H7NS.C4H6N2O.C4H6N2S/c1-7-3-4-10-9(5-7)6-8(2)11-10;1-7-3-4-9-6-8(2)11-10(9)5-7;1-7-3-4-10-9(5-7)6-8(2)11-10;1-7-3-4-9-6-8(2)11-10(9)5-7;1-6-4-5-7(2)8(6)3;1-5-4-6(2)8(3)7-5;2*1-5-3-4-6(2)7-5;1-5-3-7-4-6(5)2;1-5-3-6(2)7-4-5;1-5-3-4-7-6(5)2;1-5-3-4-6(2)7-5;1-4-3-6-5(2)7-4;2*1-3-5-6-4(2)7-3/h4*3-6H,1-2H3;4-5H,1-3H3;4H,1-3H3;3-4,7H,1-2H3;5*3-4H,1-2H3;3H,1-2H3;2*1-2H3. The fraction of sp³-hybridized carbons (Fsp3) is 0.314. The molecule has 0 saturated heterocycles. The number of H-pyrrole nitrogens is 1. The van der Waals surface area contributed by atoms with Gasteiger partial charge in [-0.3, -0.25) is 4.68 Å². The summed E-state index contributed by atoms with van der Waals surface area (Å²) < 4.78 is 27.7. The van der Waals surface area contributed by atoms with Gasteiger partial charge in [0.05, 0.1) is 10.7 Å². The predicted molar refractivity (Wildman–Crippen MR) is 540 cm³/mol. The first-order valence-corrected chi connectivity index (χ1v) is 47.4. The Balaban J connectivity index is 0.000000235. The minimum atomic E-state index is 0.623. The summed E-state index contributed by atoms with van der Waals surface area (Å²) in [5.41, 5.74) is 20.2. The molecule has 19 rings (SSSR count). The molecule has 0 saturated carbocycles. The highest BCUT2D eigenvalue weighted by molar-refractivity contribution is 7.19. The molecular formula is C102H129N9O4S8. The molecule has 15 aromatic heterocycles. The average Bonchev–Trinajstić information content (AvgIpc) is 1.72. The number of rotatable bonds is 0. The van der Waals surface area contributed by atoms with Gasteiger partial charge in [0.25, 0.3) is 0 Å². The molecule has 0 amide bonds. The minimum Gasteiger partial charge on any atom is -0.467 e. The summed E-state index contributed by atoms with van der Waals surface area (Å²) in [4.78, 5) is 16.9. The number of nitrogens with zero attached hydrogens (tertiary/aromatic N) is 8. The zero-order valence-electron chi connectivity index (χ0n) is 78.5. The number of hydrogen-bond acceptors (Lipinski definition) is 18. The third-order valence-corrected chi connectivity index (χ3v) is 25.3. The van der Waals surface area contributed by atoms with Crippen molar-refractivity contribution in [3.8, 4) is 0 Å². The number of fused-ring (bicyclic) bond motifs is 4. The van der Waals surface area contributed by atoms with Gasteiger partial charge < -0.3 is 27.2 Å². The zero-order valence-corrected chi connectivity index (χ0v) is 85.0. The topological polar surface area (TPSA) is 156 Å². The Morgan fingerprint density at radius 3 is 1.17 bits per heavy atom. The lowest BCUT2D eigenvalue weighted by atomic mass is 10.2. The molecule has 123 heavy (non-hydrogen) atoms. The third kappa shape index (κ3) is 41.0. The van der Waals surface area contributed by atoms with Crippen molar-refractivity contribution in [3.05, 3.63) is 354 Å². The first-order chi connectivity index (χ1) is 58.1. The zero-order chi connectivity index (χ0) is 91.2. The predicted octanol–water partition coefficient (Wildman–Crippen LogP) is 32.4. The number of thiazole rings is 1. The summed E-state index contributed by atoms with van der Waals surface area (Å²) in [7, 11) is 4.02. The van der Waals surface area contributed by atoms with E-state index in [1.165, 1.54) is 138 Å². The van der Waals surface area contributed by atoms with E-state index < -0.39 is 0 Å². The molecule has 0 atom stereocenters. The molecule has 0 bridgehead atoms. The van der Waals surface area contributed by atoms with Crippen LogP contribution in [0, 0.1) is 208 Å². The Hall–Kier alpha value is -9.94. The molecule has 0 aliphatic rings. The van der Waals surface area contributed by atoms with E-state index in [0.29, 0.717) is 11.8 Å². The minimum absolute atomic E-state index is 0.623. The maximum atomic E-state index is 5.45. The van der Waals surface area contributed by atoms with Gasteiger partial charge in [0.1, 0.15) is 44.2 Å². The number of furan rings is 3. The van der Waals surface area contributed by atoms with Crippen molar-refractivity contribution in [3.63, 3.8) is 0 Å². The van der Waals surface area contributed by atoms with Crippen molar-refractivity contribution in [1.29, 1.82) is 0 Å². The molecule has 1 N–H and O–H groups in total. The number of thiophene rings is 6. The van der Waals surface area contributed by atoms with Gasteiger partial charge in [0.2, 0.25) is 11.8 Å². The molecule has 0 aliphatic heterocycles. The van der Waals surface area contributed by atoms with E-state index in [1.54, 1.807) is 70.5 Å². The number of nitrogens with one attached hydrogen (secondary N) is 1. The molecule has 21 heteroatoms. The van der Waals surface area contributed by atoms with E-state index in [9.17, 15) is 0 Å². The van der Waals surface area contributed by atoms with E-state index in [2.05, 4.69) is 332 Å². The summed E-state index contributed by atoms with van der Waals surface area (Å²) >= 11 is 14.3. The Morgan fingerprint density at radius 1 is 0.309 bits per heavy atom. The van der Waals surface area contributed by atoms with Crippen LogP contribution >= 0.6 is 90.7 Å². The van der Waals surface area contributed by atoms with Crippen LogP contribution in [0.15, 0.2) is 209 Å². The van der Waals surface area contributed by atoms with E-state index in [1.807, 2.05) is 146 Å². The second-order valence-electron chi connectivity index (χ2n) is 30.3. The summed E-state index contributed by atoms with van der Waals surface area (Å²) in [5, 5.41) is 35.9. The molecule has 0 aliphatic carbocycles. The largest absolute Gasteiger partial charge is 0.467 e. The molecule has 13 nitrogen and oxygen atoms in total. The average molecular weight is 1800 g/mol. The number of aromatic amines is 1. The fourth-order valence-corrected chi connectivity index (χ4v) is 17.3. The summed E-state index contributed by atoms with van der Waals surface area (Å²) in [6.07, 6.45) is 1.89. The Morgan fingerprint density at radius 2 is 0.821 bits per heavy atom. The van der Waals surface area contributed by atoms with Crippen LogP contribution in [0.2, 0.25) is 0 Å². The van der Waals surface area contributed by atoms with Crippen LogP contribution < -0.4 is 0 Å². The number of hydrogen-bond donors (Lipinski definition) is 1. The quantitative estimate of drug-likeness (QED) is 0.155. The molecule has 0 radical (unpaired) electrons.